The summed E-state index contributed by atoms with van der Waals surface area (Å²) in [5, 5.41) is 0. The molecule has 0 N–H and O–H groups in total. The van der Waals surface area contributed by atoms with Crippen LogP contribution in [0.15, 0.2) is 0 Å². The molecule has 27 heavy (non-hydrogen) atoms. The molecule has 0 aromatic heterocycles. The Morgan fingerprint density at radius 2 is 1.70 bits per heavy atom. The Morgan fingerprint density at radius 3 is 2.41 bits per heavy atom. The van der Waals surface area contributed by atoms with Crippen molar-refractivity contribution in [2.24, 2.45) is 5.92 Å². The van der Waals surface area contributed by atoms with Crippen LogP contribution < -0.4 is 0 Å². The number of esters is 1. The van der Waals surface area contributed by atoms with Gasteiger partial charge in [0.15, 0.2) is 0 Å². The lowest BCUT2D eigenvalue weighted by atomic mass is 9.90. The number of rotatable bonds is 8. The Hall–Kier alpha value is -0.690. The zero-order chi connectivity index (χ0) is 18.9. The van der Waals surface area contributed by atoms with E-state index in [1.165, 1.54) is 51.9 Å². The minimum Gasteiger partial charge on any atom is -0.466 e. The molecule has 6 nitrogen and oxygen atoms in total. The van der Waals surface area contributed by atoms with E-state index in [-0.39, 0.29) is 5.97 Å². The molecule has 0 amide bonds. The van der Waals surface area contributed by atoms with E-state index in [1.54, 1.807) is 0 Å². The predicted octanol–water partition coefficient (Wildman–Crippen LogP) is 1.84. The highest BCUT2D eigenvalue weighted by Gasteiger charge is 2.27. The molecule has 3 aliphatic rings. The molecular formula is C21H39N3O3. The number of likely N-dealkylation sites (tertiary alicyclic amines) is 2. The predicted molar refractivity (Wildman–Crippen MR) is 107 cm³/mol. The Bertz CT molecular complexity index is 426. The summed E-state index contributed by atoms with van der Waals surface area (Å²) in [7, 11) is 2.23. The molecule has 0 aromatic carbocycles. The van der Waals surface area contributed by atoms with Crippen molar-refractivity contribution in [3.05, 3.63) is 0 Å². The molecule has 3 saturated heterocycles. The van der Waals surface area contributed by atoms with Gasteiger partial charge in [-0.1, -0.05) is 0 Å². The molecule has 156 valence electrons. The third kappa shape index (κ3) is 7.33. The number of hydrogen-bond donors (Lipinski definition) is 0. The summed E-state index contributed by atoms with van der Waals surface area (Å²) in [5.74, 6) is 0.697. The van der Waals surface area contributed by atoms with E-state index in [0.29, 0.717) is 18.9 Å². The summed E-state index contributed by atoms with van der Waals surface area (Å²) in [5.41, 5.74) is 0. The van der Waals surface area contributed by atoms with Crippen LogP contribution in [0.25, 0.3) is 0 Å². The zero-order valence-electron chi connectivity index (χ0n) is 17.2. The first-order valence-corrected chi connectivity index (χ1v) is 11.1. The van der Waals surface area contributed by atoms with Gasteiger partial charge in [0, 0.05) is 32.1 Å². The van der Waals surface area contributed by atoms with E-state index >= 15 is 0 Å². The minimum atomic E-state index is -0.00488. The van der Waals surface area contributed by atoms with Crippen LogP contribution in [0.4, 0.5) is 0 Å². The first-order chi connectivity index (χ1) is 13.2. The van der Waals surface area contributed by atoms with Gasteiger partial charge in [0.1, 0.15) is 0 Å². The quantitative estimate of drug-likeness (QED) is 0.472. The smallest absolute Gasteiger partial charge is 0.305 e. The summed E-state index contributed by atoms with van der Waals surface area (Å²) in [6, 6.07) is 0.790. The fourth-order valence-corrected chi connectivity index (χ4v) is 4.66. The van der Waals surface area contributed by atoms with E-state index in [9.17, 15) is 4.79 Å². The molecule has 3 rings (SSSR count). The summed E-state index contributed by atoms with van der Waals surface area (Å²) in [6.07, 6.45) is 7.66. The lowest BCUT2D eigenvalue weighted by Gasteiger charge is -2.41. The van der Waals surface area contributed by atoms with Crippen molar-refractivity contribution in [1.82, 2.24) is 14.7 Å². The number of carbonyl (C=O) groups is 1. The Morgan fingerprint density at radius 1 is 1.00 bits per heavy atom. The van der Waals surface area contributed by atoms with Crippen LogP contribution in [0, 0.1) is 5.92 Å². The molecular weight excluding hydrogens is 342 g/mol. The standard InChI is InChI=1S/C21H39N3O3/c1-22-10-7-20(8-11-22)24-12-5-19(6-13-24)3-4-21(25)27-16-2-9-23-14-17-26-18-15-23/h19-20H,2-18H2,1H3. The van der Waals surface area contributed by atoms with E-state index in [0.717, 1.165) is 51.7 Å². The van der Waals surface area contributed by atoms with Crippen LogP contribution in [0.1, 0.15) is 44.9 Å². The number of carbonyl (C=O) groups excluding carboxylic acids is 1. The highest BCUT2D eigenvalue weighted by Crippen LogP contribution is 2.26. The van der Waals surface area contributed by atoms with Crippen molar-refractivity contribution < 1.29 is 14.3 Å². The Balaban J connectivity index is 1.20. The van der Waals surface area contributed by atoms with Crippen molar-refractivity contribution >= 4 is 5.97 Å². The Kier molecular flexibility index (Phi) is 8.84. The number of ether oxygens (including phenoxy) is 2. The van der Waals surface area contributed by atoms with E-state index < -0.39 is 0 Å². The monoisotopic (exact) mass is 381 g/mol. The van der Waals surface area contributed by atoms with Crippen LogP contribution in [-0.2, 0) is 14.3 Å². The molecule has 3 fully saturated rings. The topological polar surface area (TPSA) is 45.2 Å². The molecule has 0 aliphatic carbocycles. The first-order valence-electron chi connectivity index (χ1n) is 11.1. The average molecular weight is 382 g/mol. The first kappa shape index (κ1) is 21.0. The van der Waals surface area contributed by atoms with Gasteiger partial charge in [-0.2, -0.15) is 0 Å². The maximum Gasteiger partial charge on any atom is 0.305 e. The molecule has 0 radical (unpaired) electrons. The second-order valence-electron chi connectivity index (χ2n) is 8.58. The van der Waals surface area contributed by atoms with E-state index in [4.69, 9.17) is 9.47 Å². The van der Waals surface area contributed by atoms with Crippen molar-refractivity contribution in [2.75, 3.05) is 72.7 Å². The van der Waals surface area contributed by atoms with Crippen molar-refractivity contribution in [1.29, 1.82) is 0 Å². The van der Waals surface area contributed by atoms with Crippen LogP contribution in [-0.4, -0.2) is 99.4 Å². The average Bonchev–Trinajstić information content (AvgIpc) is 2.71. The normalized spacial score (nSPS) is 24.9. The second-order valence-corrected chi connectivity index (χ2v) is 8.58. The SMILES string of the molecule is CN1CCC(N2CCC(CCC(=O)OCCCN3CCOCC3)CC2)CC1. The summed E-state index contributed by atoms with van der Waals surface area (Å²) >= 11 is 0. The van der Waals surface area contributed by atoms with Crippen LogP contribution in [0.2, 0.25) is 0 Å². The van der Waals surface area contributed by atoms with Gasteiger partial charge in [0.2, 0.25) is 0 Å². The number of hydrogen-bond acceptors (Lipinski definition) is 6. The van der Waals surface area contributed by atoms with E-state index in [1.807, 2.05) is 0 Å². The second kappa shape index (κ2) is 11.3. The summed E-state index contributed by atoms with van der Waals surface area (Å²) in [6.45, 7) is 10.1. The highest BCUT2D eigenvalue weighted by molar-refractivity contribution is 5.69. The third-order valence-corrected chi connectivity index (χ3v) is 6.60. The molecule has 3 heterocycles. The van der Waals surface area contributed by atoms with Gasteiger partial charge >= 0.3 is 5.97 Å². The Labute approximate surface area is 165 Å². The van der Waals surface area contributed by atoms with Gasteiger partial charge in [-0.05, 0) is 77.7 Å². The van der Waals surface area contributed by atoms with Gasteiger partial charge < -0.3 is 19.3 Å². The lowest BCUT2D eigenvalue weighted by molar-refractivity contribution is -0.144. The van der Waals surface area contributed by atoms with Crippen molar-refractivity contribution in [3.63, 3.8) is 0 Å². The summed E-state index contributed by atoms with van der Waals surface area (Å²) < 4.78 is 10.8. The van der Waals surface area contributed by atoms with Gasteiger partial charge in [0.25, 0.3) is 0 Å². The molecule has 3 aliphatic heterocycles. The van der Waals surface area contributed by atoms with Gasteiger partial charge in [-0.15, -0.1) is 0 Å². The van der Waals surface area contributed by atoms with Gasteiger partial charge in [-0.25, -0.2) is 0 Å². The number of morpholine rings is 1. The molecule has 0 aromatic rings. The maximum atomic E-state index is 12.0. The molecule has 6 heteroatoms. The number of piperidine rings is 2. The number of nitrogens with zero attached hydrogens (tertiary/aromatic N) is 3. The molecule has 0 atom stereocenters. The van der Waals surface area contributed by atoms with Crippen LogP contribution >= 0.6 is 0 Å². The zero-order valence-corrected chi connectivity index (χ0v) is 17.2. The molecule has 0 saturated carbocycles. The van der Waals surface area contributed by atoms with Crippen molar-refractivity contribution in [2.45, 2.75) is 51.0 Å². The molecule has 0 bridgehead atoms. The van der Waals surface area contributed by atoms with Crippen LogP contribution in [0.3, 0.4) is 0 Å². The van der Waals surface area contributed by atoms with Crippen molar-refractivity contribution in [3.8, 4) is 0 Å². The molecule has 0 spiro atoms. The largest absolute Gasteiger partial charge is 0.466 e. The van der Waals surface area contributed by atoms with Gasteiger partial charge in [-0.3, -0.25) is 9.69 Å². The van der Waals surface area contributed by atoms with Gasteiger partial charge in [0.05, 0.1) is 19.8 Å². The third-order valence-electron chi connectivity index (χ3n) is 6.60. The minimum absolute atomic E-state index is 0.00488. The highest BCUT2D eigenvalue weighted by atomic mass is 16.5. The fourth-order valence-electron chi connectivity index (χ4n) is 4.66. The maximum absolute atomic E-state index is 12.0. The summed E-state index contributed by atoms with van der Waals surface area (Å²) in [4.78, 5) is 19.5. The van der Waals surface area contributed by atoms with E-state index in [2.05, 4.69) is 21.7 Å². The fraction of sp³-hybridized carbons (Fsp3) is 0.952. The lowest BCUT2D eigenvalue weighted by Crippen LogP contribution is -2.46. The molecule has 0 unspecified atom stereocenters. The van der Waals surface area contributed by atoms with Crippen LogP contribution in [0.5, 0.6) is 0 Å².